The van der Waals surface area contributed by atoms with E-state index in [0.29, 0.717) is 5.02 Å². The Morgan fingerprint density at radius 1 is 1.33 bits per heavy atom. The second-order valence-electron chi connectivity index (χ2n) is 5.44. The maximum Gasteiger partial charge on any atom is 0.252 e. The van der Waals surface area contributed by atoms with Crippen LogP contribution in [0.15, 0.2) is 18.2 Å². The monoisotopic (exact) mass is 308 g/mol. The number of amides is 2. The molecule has 0 saturated carbocycles. The predicted octanol–water partition coefficient (Wildman–Crippen LogP) is 3.38. The summed E-state index contributed by atoms with van der Waals surface area (Å²) in [6.45, 7) is 5.91. The van der Waals surface area contributed by atoms with Crippen LogP contribution in [0, 0.1) is 6.92 Å². The summed E-state index contributed by atoms with van der Waals surface area (Å²) < 4.78 is 0. The van der Waals surface area contributed by atoms with Crippen molar-refractivity contribution in [2.24, 2.45) is 0 Å². The van der Waals surface area contributed by atoms with Crippen LogP contribution in [0.3, 0.4) is 0 Å². The van der Waals surface area contributed by atoms with Gasteiger partial charge in [0.15, 0.2) is 0 Å². The Bertz CT molecular complexity index is 555. The molecular weight excluding hydrogens is 288 g/mol. The Morgan fingerprint density at radius 3 is 2.57 bits per heavy atom. The molecule has 0 aliphatic carbocycles. The lowest BCUT2D eigenvalue weighted by atomic mass is 10.1. The SMILES string of the molecule is CCC(CC)N1C(=O)CC(Nc2ccc(C)c(Cl)c2)C1=O. The summed E-state index contributed by atoms with van der Waals surface area (Å²) in [7, 11) is 0. The van der Waals surface area contributed by atoms with Crippen LogP contribution < -0.4 is 5.32 Å². The first-order chi connectivity index (χ1) is 9.97. The fourth-order valence-electron chi connectivity index (χ4n) is 2.69. The van der Waals surface area contributed by atoms with Crippen molar-refractivity contribution >= 4 is 29.1 Å². The maximum atomic E-state index is 12.4. The average molecular weight is 309 g/mol. The molecule has 4 nitrogen and oxygen atoms in total. The molecule has 21 heavy (non-hydrogen) atoms. The van der Waals surface area contributed by atoms with Crippen molar-refractivity contribution < 1.29 is 9.59 Å². The van der Waals surface area contributed by atoms with E-state index in [2.05, 4.69) is 5.32 Å². The van der Waals surface area contributed by atoms with E-state index in [1.165, 1.54) is 4.90 Å². The quantitative estimate of drug-likeness (QED) is 0.848. The van der Waals surface area contributed by atoms with E-state index in [9.17, 15) is 9.59 Å². The average Bonchev–Trinajstić information content (AvgIpc) is 2.72. The summed E-state index contributed by atoms with van der Waals surface area (Å²) in [5, 5.41) is 3.77. The van der Waals surface area contributed by atoms with E-state index in [0.717, 1.165) is 24.1 Å². The largest absolute Gasteiger partial charge is 0.373 e. The third-order valence-electron chi connectivity index (χ3n) is 4.00. The van der Waals surface area contributed by atoms with Crippen molar-refractivity contribution in [2.45, 2.75) is 52.1 Å². The Labute approximate surface area is 130 Å². The number of carbonyl (C=O) groups excluding carboxylic acids is 2. The first-order valence-electron chi connectivity index (χ1n) is 7.36. The van der Waals surface area contributed by atoms with Crippen molar-refractivity contribution in [3.8, 4) is 0 Å². The second kappa shape index (κ2) is 6.48. The highest BCUT2D eigenvalue weighted by atomic mass is 35.5. The van der Waals surface area contributed by atoms with Crippen LogP contribution in [0.5, 0.6) is 0 Å². The third-order valence-corrected chi connectivity index (χ3v) is 4.41. The van der Waals surface area contributed by atoms with Crippen LogP contribution >= 0.6 is 11.6 Å². The number of nitrogens with one attached hydrogen (secondary N) is 1. The Hall–Kier alpha value is -1.55. The lowest BCUT2D eigenvalue weighted by Crippen LogP contribution is -2.41. The summed E-state index contributed by atoms with van der Waals surface area (Å²) in [4.78, 5) is 26.0. The molecule has 2 rings (SSSR count). The zero-order chi connectivity index (χ0) is 15.6. The van der Waals surface area contributed by atoms with Gasteiger partial charge in [-0.25, -0.2) is 0 Å². The van der Waals surface area contributed by atoms with Crippen molar-refractivity contribution in [1.29, 1.82) is 0 Å². The summed E-state index contributed by atoms with van der Waals surface area (Å²) >= 11 is 6.09. The molecule has 0 aromatic heterocycles. The minimum atomic E-state index is -0.489. The Kier molecular flexibility index (Phi) is 4.88. The molecule has 2 amide bonds. The van der Waals surface area contributed by atoms with E-state index in [1.807, 2.05) is 32.9 Å². The van der Waals surface area contributed by atoms with Crippen LogP contribution in [0.1, 0.15) is 38.7 Å². The van der Waals surface area contributed by atoms with Crippen molar-refractivity contribution in [3.63, 3.8) is 0 Å². The molecule has 1 unspecified atom stereocenters. The van der Waals surface area contributed by atoms with E-state index in [-0.39, 0.29) is 24.3 Å². The molecule has 1 saturated heterocycles. The molecule has 1 aromatic rings. The van der Waals surface area contributed by atoms with E-state index >= 15 is 0 Å². The van der Waals surface area contributed by atoms with Gasteiger partial charge >= 0.3 is 0 Å². The van der Waals surface area contributed by atoms with Gasteiger partial charge in [0, 0.05) is 16.8 Å². The van der Waals surface area contributed by atoms with Crippen molar-refractivity contribution in [2.75, 3.05) is 5.32 Å². The normalized spacial score (nSPS) is 18.7. The van der Waals surface area contributed by atoms with E-state index in [1.54, 1.807) is 6.07 Å². The fraction of sp³-hybridized carbons (Fsp3) is 0.500. The number of aryl methyl sites for hydroxylation is 1. The van der Waals surface area contributed by atoms with Gasteiger partial charge in [0.25, 0.3) is 5.91 Å². The molecule has 1 aliphatic heterocycles. The van der Waals surface area contributed by atoms with Gasteiger partial charge in [-0.3, -0.25) is 14.5 Å². The molecule has 0 radical (unpaired) electrons. The molecule has 114 valence electrons. The summed E-state index contributed by atoms with van der Waals surface area (Å²) in [6.07, 6.45) is 1.79. The third kappa shape index (κ3) is 3.21. The topological polar surface area (TPSA) is 49.4 Å². The number of rotatable bonds is 5. The lowest BCUT2D eigenvalue weighted by Gasteiger charge is -2.24. The van der Waals surface area contributed by atoms with Gasteiger partial charge in [0.2, 0.25) is 5.91 Å². The Balaban J connectivity index is 2.13. The predicted molar refractivity (Wildman–Crippen MR) is 84.4 cm³/mol. The molecule has 1 aliphatic rings. The van der Waals surface area contributed by atoms with Gasteiger partial charge in [-0.2, -0.15) is 0 Å². The fourth-order valence-corrected chi connectivity index (χ4v) is 2.87. The van der Waals surface area contributed by atoms with Crippen LogP contribution in [0.4, 0.5) is 5.69 Å². The zero-order valence-electron chi connectivity index (χ0n) is 12.6. The zero-order valence-corrected chi connectivity index (χ0v) is 13.4. The number of nitrogens with zero attached hydrogens (tertiary/aromatic N) is 1. The standard InChI is InChI=1S/C16H21ClN2O2/c1-4-12(5-2)19-15(20)9-14(16(19)21)18-11-7-6-10(3)13(17)8-11/h6-8,12,14,18H,4-5,9H2,1-3H3. The van der Waals surface area contributed by atoms with Gasteiger partial charge in [-0.15, -0.1) is 0 Å². The number of anilines is 1. The van der Waals surface area contributed by atoms with Gasteiger partial charge < -0.3 is 5.32 Å². The lowest BCUT2D eigenvalue weighted by molar-refractivity contribution is -0.141. The number of halogens is 1. The summed E-state index contributed by atoms with van der Waals surface area (Å²) in [6, 6.07) is 5.06. The highest BCUT2D eigenvalue weighted by Gasteiger charge is 2.41. The molecule has 1 fully saturated rings. The van der Waals surface area contributed by atoms with Gasteiger partial charge in [0.05, 0.1) is 6.42 Å². The molecule has 0 spiro atoms. The van der Waals surface area contributed by atoms with Crippen molar-refractivity contribution in [3.05, 3.63) is 28.8 Å². The molecular formula is C16H21ClN2O2. The molecule has 5 heteroatoms. The summed E-state index contributed by atoms with van der Waals surface area (Å²) in [5.74, 6) is -0.227. The molecule has 1 heterocycles. The molecule has 1 aromatic carbocycles. The number of hydrogen-bond acceptors (Lipinski definition) is 3. The molecule has 1 N–H and O–H groups in total. The van der Waals surface area contributed by atoms with E-state index in [4.69, 9.17) is 11.6 Å². The van der Waals surface area contributed by atoms with Gasteiger partial charge in [-0.05, 0) is 37.5 Å². The number of carbonyl (C=O) groups is 2. The number of hydrogen-bond donors (Lipinski definition) is 1. The molecule has 1 atom stereocenters. The Morgan fingerprint density at radius 2 is 2.00 bits per heavy atom. The first kappa shape index (κ1) is 15.8. The number of benzene rings is 1. The van der Waals surface area contributed by atoms with E-state index < -0.39 is 6.04 Å². The molecule has 0 bridgehead atoms. The van der Waals surface area contributed by atoms with Crippen LogP contribution in [0.25, 0.3) is 0 Å². The number of imide groups is 1. The summed E-state index contributed by atoms with van der Waals surface area (Å²) in [5.41, 5.74) is 1.75. The number of likely N-dealkylation sites (tertiary alicyclic amines) is 1. The second-order valence-corrected chi connectivity index (χ2v) is 5.84. The smallest absolute Gasteiger partial charge is 0.252 e. The van der Waals surface area contributed by atoms with Crippen molar-refractivity contribution in [1.82, 2.24) is 4.90 Å². The highest BCUT2D eigenvalue weighted by Crippen LogP contribution is 2.25. The van der Waals surface area contributed by atoms with Crippen LogP contribution in [-0.2, 0) is 9.59 Å². The highest BCUT2D eigenvalue weighted by molar-refractivity contribution is 6.31. The van der Waals surface area contributed by atoms with Gasteiger partial charge in [-0.1, -0.05) is 31.5 Å². The minimum absolute atomic E-state index is 0.00148. The minimum Gasteiger partial charge on any atom is -0.373 e. The van der Waals surface area contributed by atoms with Crippen LogP contribution in [0.2, 0.25) is 5.02 Å². The first-order valence-corrected chi connectivity index (χ1v) is 7.74. The maximum absolute atomic E-state index is 12.4. The van der Waals surface area contributed by atoms with Gasteiger partial charge in [0.1, 0.15) is 6.04 Å². The van der Waals surface area contributed by atoms with Crippen LogP contribution in [-0.4, -0.2) is 28.8 Å².